The summed E-state index contributed by atoms with van der Waals surface area (Å²) in [6, 6.07) is 2.30. The Balaban J connectivity index is 2.90. The minimum Gasteiger partial charge on any atom is -0.314 e. The second-order valence-corrected chi connectivity index (χ2v) is 12.3. The van der Waals surface area contributed by atoms with Crippen molar-refractivity contribution in [1.82, 2.24) is 5.32 Å². The molecule has 1 N–H and O–H groups in total. The zero-order valence-electron chi connectivity index (χ0n) is 12.2. The van der Waals surface area contributed by atoms with E-state index in [4.69, 9.17) is 0 Å². The Bertz CT molecular complexity index is 223. The molecule has 1 heterocycles. The smallest absolute Gasteiger partial charge is 0.0552 e. The summed E-state index contributed by atoms with van der Waals surface area (Å²) in [6.07, 6.45) is 4.25. The first-order valence-electron chi connectivity index (χ1n) is 7.07. The van der Waals surface area contributed by atoms with Crippen LogP contribution in [0.15, 0.2) is 0 Å². The Morgan fingerprint density at radius 2 is 2.00 bits per heavy atom. The lowest BCUT2D eigenvalue weighted by Gasteiger charge is -2.53. The average Bonchev–Trinajstić information content (AvgIpc) is 2.13. The van der Waals surface area contributed by atoms with Crippen molar-refractivity contribution in [2.24, 2.45) is 5.92 Å². The molecule has 2 heteroatoms. The van der Waals surface area contributed by atoms with Crippen LogP contribution in [0.5, 0.6) is 0 Å². The summed E-state index contributed by atoms with van der Waals surface area (Å²) in [5, 5.41) is 4.36. The maximum atomic E-state index is 3.77. The van der Waals surface area contributed by atoms with Gasteiger partial charge in [-0.2, -0.15) is 0 Å². The van der Waals surface area contributed by atoms with Gasteiger partial charge in [0, 0.05) is 6.04 Å². The summed E-state index contributed by atoms with van der Waals surface area (Å²) in [5.74, 6) is 0.830. The van der Waals surface area contributed by atoms with E-state index in [1.807, 2.05) is 0 Å². The van der Waals surface area contributed by atoms with Crippen LogP contribution in [0.3, 0.4) is 0 Å². The molecule has 0 aliphatic carbocycles. The van der Waals surface area contributed by atoms with Crippen LogP contribution in [0.25, 0.3) is 0 Å². The van der Waals surface area contributed by atoms with Gasteiger partial charge in [-0.05, 0) is 30.3 Å². The van der Waals surface area contributed by atoms with Crippen LogP contribution in [0, 0.1) is 5.92 Å². The first kappa shape index (κ1) is 14.2. The Morgan fingerprint density at radius 1 is 1.38 bits per heavy atom. The highest BCUT2D eigenvalue weighted by Crippen LogP contribution is 2.53. The highest BCUT2D eigenvalue weighted by Gasteiger charge is 2.49. The molecule has 1 rings (SSSR count). The number of hydrogen-bond acceptors (Lipinski definition) is 1. The fourth-order valence-corrected chi connectivity index (χ4v) is 7.47. The van der Waals surface area contributed by atoms with E-state index in [0.717, 1.165) is 18.5 Å². The predicted octanol–water partition coefficient (Wildman–Crippen LogP) is 4.27. The molecule has 1 saturated heterocycles. The number of nitrogens with one attached hydrogen (secondary N) is 1. The molecule has 0 aromatic carbocycles. The lowest BCUT2D eigenvalue weighted by atomic mass is 9.87. The van der Waals surface area contributed by atoms with Crippen LogP contribution in [0.2, 0.25) is 24.2 Å². The van der Waals surface area contributed by atoms with Crippen LogP contribution in [-0.4, -0.2) is 20.7 Å². The van der Waals surface area contributed by atoms with E-state index in [1.54, 1.807) is 0 Å². The maximum Gasteiger partial charge on any atom is 0.0552 e. The summed E-state index contributed by atoms with van der Waals surface area (Å²) in [4.78, 5) is 0. The fourth-order valence-electron chi connectivity index (χ4n) is 3.66. The lowest BCUT2D eigenvalue weighted by molar-refractivity contribution is 0.299. The van der Waals surface area contributed by atoms with Gasteiger partial charge in [0.25, 0.3) is 0 Å². The standard InChI is InChI=1S/C14H31NSi/c1-7-15-13-9-8-10-16(5,6)14(13,4)11-12(2)3/h12-13,15H,7-11H2,1-6H3. The normalized spacial score (nSPS) is 34.3. The van der Waals surface area contributed by atoms with E-state index < -0.39 is 8.07 Å². The molecule has 0 aromatic rings. The Morgan fingerprint density at radius 3 is 2.50 bits per heavy atom. The Labute approximate surface area is 103 Å². The molecular formula is C14H31NSi. The van der Waals surface area contributed by atoms with Gasteiger partial charge in [0.15, 0.2) is 0 Å². The van der Waals surface area contributed by atoms with Gasteiger partial charge >= 0.3 is 0 Å². The fraction of sp³-hybridized carbons (Fsp3) is 1.00. The molecular weight excluding hydrogens is 210 g/mol. The van der Waals surface area contributed by atoms with Crippen molar-refractivity contribution in [3.8, 4) is 0 Å². The van der Waals surface area contributed by atoms with Crippen molar-refractivity contribution in [3.05, 3.63) is 0 Å². The quantitative estimate of drug-likeness (QED) is 0.725. The minimum absolute atomic E-state index is 0.593. The van der Waals surface area contributed by atoms with Crippen LogP contribution < -0.4 is 5.32 Å². The molecule has 1 aliphatic heterocycles. The van der Waals surface area contributed by atoms with Crippen molar-refractivity contribution >= 4 is 8.07 Å². The van der Waals surface area contributed by atoms with Crippen molar-refractivity contribution < 1.29 is 0 Å². The second kappa shape index (κ2) is 5.22. The minimum atomic E-state index is -1.07. The van der Waals surface area contributed by atoms with Crippen molar-refractivity contribution in [3.63, 3.8) is 0 Å². The first-order chi connectivity index (χ1) is 7.33. The molecule has 0 aromatic heterocycles. The monoisotopic (exact) mass is 241 g/mol. The van der Waals surface area contributed by atoms with Gasteiger partial charge in [-0.3, -0.25) is 0 Å². The summed E-state index contributed by atoms with van der Waals surface area (Å²) in [7, 11) is -1.07. The van der Waals surface area contributed by atoms with Gasteiger partial charge in [-0.25, -0.2) is 0 Å². The van der Waals surface area contributed by atoms with E-state index in [0.29, 0.717) is 5.04 Å². The van der Waals surface area contributed by atoms with E-state index in [-0.39, 0.29) is 0 Å². The van der Waals surface area contributed by atoms with Crippen molar-refractivity contribution in [2.45, 2.75) is 77.2 Å². The lowest BCUT2D eigenvalue weighted by Crippen LogP contribution is -2.56. The van der Waals surface area contributed by atoms with Crippen LogP contribution in [-0.2, 0) is 0 Å². The Hall–Kier alpha value is 0.177. The maximum absolute atomic E-state index is 3.77. The molecule has 1 nitrogen and oxygen atoms in total. The van der Waals surface area contributed by atoms with Gasteiger partial charge < -0.3 is 5.32 Å². The molecule has 0 radical (unpaired) electrons. The topological polar surface area (TPSA) is 12.0 Å². The van der Waals surface area contributed by atoms with E-state index >= 15 is 0 Å². The molecule has 1 aliphatic rings. The van der Waals surface area contributed by atoms with Gasteiger partial charge in [0.05, 0.1) is 8.07 Å². The zero-order valence-corrected chi connectivity index (χ0v) is 13.2. The SMILES string of the molecule is CCNC1CCC[Si](C)(C)C1(C)CC(C)C. The van der Waals surface area contributed by atoms with Gasteiger partial charge in [-0.1, -0.05) is 53.3 Å². The number of rotatable bonds is 4. The van der Waals surface area contributed by atoms with E-state index in [1.165, 1.54) is 25.3 Å². The van der Waals surface area contributed by atoms with E-state index in [2.05, 4.69) is 46.1 Å². The largest absolute Gasteiger partial charge is 0.314 e. The van der Waals surface area contributed by atoms with Gasteiger partial charge in [0.1, 0.15) is 0 Å². The third-order valence-corrected chi connectivity index (χ3v) is 10.1. The molecule has 0 saturated carbocycles. The van der Waals surface area contributed by atoms with Gasteiger partial charge in [0.2, 0.25) is 0 Å². The third kappa shape index (κ3) is 2.70. The highest BCUT2D eigenvalue weighted by molar-refractivity contribution is 6.80. The Kier molecular flexibility index (Phi) is 4.64. The zero-order chi connectivity index (χ0) is 12.4. The van der Waals surface area contributed by atoms with Crippen molar-refractivity contribution in [2.75, 3.05) is 6.54 Å². The molecule has 96 valence electrons. The molecule has 1 fully saturated rings. The second-order valence-electron chi connectivity index (χ2n) is 6.90. The van der Waals surface area contributed by atoms with Crippen LogP contribution >= 0.6 is 0 Å². The summed E-state index contributed by atoms with van der Waals surface area (Å²) in [6.45, 7) is 15.9. The van der Waals surface area contributed by atoms with E-state index in [9.17, 15) is 0 Å². The molecule has 2 atom stereocenters. The molecule has 0 spiro atoms. The highest BCUT2D eigenvalue weighted by atomic mass is 28.3. The van der Waals surface area contributed by atoms with Gasteiger partial charge in [-0.15, -0.1) is 0 Å². The third-order valence-electron chi connectivity index (χ3n) is 4.89. The summed E-state index contributed by atoms with van der Waals surface area (Å²) in [5.41, 5.74) is 0. The molecule has 2 unspecified atom stereocenters. The number of hydrogen-bond donors (Lipinski definition) is 1. The van der Waals surface area contributed by atoms with Crippen LogP contribution in [0.1, 0.15) is 47.0 Å². The summed E-state index contributed by atoms with van der Waals surface area (Å²) < 4.78 is 0. The molecule has 0 amide bonds. The van der Waals surface area contributed by atoms with Crippen molar-refractivity contribution in [1.29, 1.82) is 0 Å². The predicted molar refractivity (Wildman–Crippen MR) is 76.8 cm³/mol. The van der Waals surface area contributed by atoms with Crippen LogP contribution in [0.4, 0.5) is 0 Å². The first-order valence-corrected chi connectivity index (χ1v) is 10.3. The molecule has 16 heavy (non-hydrogen) atoms. The summed E-state index contributed by atoms with van der Waals surface area (Å²) >= 11 is 0. The molecule has 0 bridgehead atoms. The average molecular weight is 241 g/mol.